The lowest BCUT2D eigenvalue weighted by Crippen LogP contribution is -2.47. The fraction of sp³-hybridized carbons (Fsp3) is 0.938. The van der Waals surface area contributed by atoms with Crippen LogP contribution in [0.15, 0.2) is 0 Å². The molecule has 0 aromatic heterocycles. The smallest absolute Gasteiger partial charge is 0.226 e. The van der Waals surface area contributed by atoms with Gasteiger partial charge >= 0.3 is 0 Å². The molecule has 2 saturated carbocycles. The summed E-state index contributed by atoms with van der Waals surface area (Å²) < 4.78 is 0. The van der Waals surface area contributed by atoms with Crippen molar-refractivity contribution in [1.29, 1.82) is 0 Å². The van der Waals surface area contributed by atoms with Crippen molar-refractivity contribution >= 4 is 5.91 Å². The number of hydrogen-bond acceptors (Lipinski definition) is 2. The second-order valence-electron chi connectivity index (χ2n) is 7.17. The molecule has 3 heteroatoms. The van der Waals surface area contributed by atoms with Crippen LogP contribution in [-0.4, -0.2) is 18.0 Å². The van der Waals surface area contributed by atoms with Gasteiger partial charge in [-0.05, 0) is 50.9 Å². The molecule has 0 heterocycles. The van der Waals surface area contributed by atoms with Crippen LogP contribution in [0.25, 0.3) is 0 Å². The molecule has 0 aromatic rings. The van der Waals surface area contributed by atoms with Gasteiger partial charge in [0.05, 0.1) is 0 Å². The van der Waals surface area contributed by atoms with Gasteiger partial charge < -0.3 is 11.1 Å². The average molecular weight is 266 g/mol. The van der Waals surface area contributed by atoms with E-state index in [2.05, 4.69) is 19.2 Å². The second kappa shape index (κ2) is 6.25. The van der Waals surface area contributed by atoms with Crippen molar-refractivity contribution in [3.8, 4) is 0 Å². The number of carbonyl (C=O) groups excluding carboxylic acids is 1. The van der Waals surface area contributed by atoms with E-state index in [-0.39, 0.29) is 5.41 Å². The van der Waals surface area contributed by atoms with Crippen LogP contribution in [0.1, 0.15) is 71.6 Å². The Morgan fingerprint density at radius 3 is 2.32 bits per heavy atom. The van der Waals surface area contributed by atoms with Crippen molar-refractivity contribution in [3.63, 3.8) is 0 Å². The highest BCUT2D eigenvalue weighted by atomic mass is 16.2. The molecule has 2 aliphatic carbocycles. The van der Waals surface area contributed by atoms with Gasteiger partial charge in [0.1, 0.15) is 0 Å². The zero-order chi connectivity index (χ0) is 13.9. The number of nitrogens with one attached hydrogen (secondary N) is 1. The summed E-state index contributed by atoms with van der Waals surface area (Å²) in [6, 6.07) is 0.723. The maximum atomic E-state index is 12.7. The predicted octanol–water partition coefficient (Wildman–Crippen LogP) is 2.98. The normalized spacial score (nSPS) is 30.5. The van der Waals surface area contributed by atoms with Gasteiger partial charge in [0, 0.05) is 17.5 Å². The largest absolute Gasteiger partial charge is 0.353 e. The number of nitrogens with two attached hydrogens (primary N) is 1. The molecule has 19 heavy (non-hydrogen) atoms. The molecule has 2 fully saturated rings. The van der Waals surface area contributed by atoms with Crippen molar-refractivity contribution in [2.24, 2.45) is 17.1 Å². The minimum absolute atomic E-state index is 0.0618. The number of hydrogen-bond donors (Lipinski definition) is 2. The van der Waals surface area contributed by atoms with E-state index >= 15 is 0 Å². The van der Waals surface area contributed by atoms with E-state index in [0.717, 1.165) is 44.9 Å². The highest BCUT2D eigenvalue weighted by Gasteiger charge is 2.42. The zero-order valence-corrected chi connectivity index (χ0v) is 12.6. The van der Waals surface area contributed by atoms with E-state index in [0.29, 0.717) is 23.9 Å². The third kappa shape index (κ3) is 3.71. The molecule has 0 spiro atoms. The quantitative estimate of drug-likeness (QED) is 0.822. The van der Waals surface area contributed by atoms with Crippen molar-refractivity contribution < 1.29 is 4.79 Å². The Balaban J connectivity index is 1.92. The van der Waals surface area contributed by atoms with Gasteiger partial charge in [-0.1, -0.05) is 26.7 Å². The lowest BCUT2D eigenvalue weighted by Gasteiger charge is -2.34. The van der Waals surface area contributed by atoms with E-state index in [9.17, 15) is 4.79 Å². The van der Waals surface area contributed by atoms with Gasteiger partial charge in [0.15, 0.2) is 0 Å². The van der Waals surface area contributed by atoms with Crippen LogP contribution in [0, 0.1) is 11.3 Å². The molecule has 110 valence electrons. The van der Waals surface area contributed by atoms with Crippen LogP contribution in [0.4, 0.5) is 0 Å². The molecule has 0 radical (unpaired) electrons. The van der Waals surface area contributed by atoms with Crippen LogP contribution in [-0.2, 0) is 4.79 Å². The Hall–Kier alpha value is -0.570. The summed E-state index contributed by atoms with van der Waals surface area (Å²) in [5.41, 5.74) is 5.87. The summed E-state index contributed by atoms with van der Waals surface area (Å²) in [7, 11) is 0. The molecule has 2 rings (SSSR count). The zero-order valence-electron chi connectivity index (χ0n) is 12.6. The van der Waals surface area contributed by atoms with E-state index in [4.69, 9.17) is 5.73 Å². The molecule has 0 aromatic carbocycles. The standard InChI is InChI=1S/C16H30N2O/c1-12(2)11-16(9-3-4-10-16)15(19)18-14-7-5-13(17)6-8-14/h12-14H,3-11,17H2,1-2H3,(H,18,19). The Morgan fingerprint density at radius 2 is 1.79 bits per heavy atom. The Morgan fingerprint density at radius 1 is 1.21 bits per heavy atom. The lowest BCUT2D eigenvalue weighted by molar-refractivity contribution is -0.132. The van der Waals surface area contributed by atoms with E-state index < -0.39 is 0 Å². The van der Waals surface area contributed by atoms with Crippen molar-refractivity contribution in [3.05, 3.63) is 0 Å². The maximum absolute atomic E-state index is 12.7. The summed E-state index contributed by atoms with van der Waals surface area (Å²) in [5.74, 6) is 0.933. The highest BCUT2D eigenvalue weighted by molar-refractivity contribution is 5.83. The summed E-state index contributed by atoms with van der Waals surface area (Å²) >= 11 is 0. The van der Waals surface area contributed by atoms with Gasteiger partial charge in [-0.3, -0.25) is 4.79 Å². The first-order valence-electron chi connectivity index (χ1n) is 8.08. The van der Waals surface area contributed by atoms with Gasteiger partial charge in [0.2, 0.25) is 5.91 Å². The maximum Gasteiger partial charge on any atom is 0.226 e. The molecule has 3 nitrogen and oxygen atoms in total. The van der Waals surface area contributed by atoms with Crippen molar-refractivity contribution in [1.82, 2.24) is 5.32 Å². The van der Waals surface area contributed by atoms with Gasteiger partial charge in [-0.2, -0.15) is 0 Å². The van der Waals surface area contributed by atoms with E-state index in [1.807, 2.05) is 0 Å². The van der Waals surface area contributed by atoms with Crippen LogP contribution in [0.3, 0.4) is 0 Å². The molecule has 0 bridgehead atoms. The Kier molecular flexibility index (Phi) is 4.88. The number of amides is 1. The second-order valence-corrected chi connectivity index (χ2v) is 7.17. The Bertz CT molecular complexity index is 300. The lowest BCUT2D eigenvalue weighted by atomic mass is 9.77. The molecule has 3 N–H and O–H groups in total. The van der Waals surface area contributed by atoms with Gasteiger partial charge in [-0.15, -0.1) is 0 Å². The molecule has 0 saturated heterocycles. The Labute approximate surface area is 117 Å². The van der Waals surface area contributed by atoms with E-state index in [1.54, 1.807) is 0 Å². The first kappa shape index (κ1) is 14.8. The molecule has 0 unspecified atom stereocenters. The number of rotatable bonds is 4. The van der Waals surface area contributed by atoms with Crippen molar-refractivity contribution in [2.75, 3.05) is 0 Å². The topological polar surface area (TPSA) is 55.1 Å². The molecule has 0 atom stereocenters. The molecule has 0 aliphatic heterocycles. The fourth-order valence-electron chi connectivity index (χ4n) is 3.96. The molecular formula is C16H30N2O. The number of carbonyl (C=O) groups is 1. The minimum atomic E-state index is -0.0618. The highest BCUT2D eigenvalue weighted by Crippen LogP contribution is 2.43. The van der Waals surface area contributed by atoms with Crippen LogP contribution < -0.4 is 11.1 Å². The van der Waals surface area contributed by atoms with Gasteiger partial charge in [-0.25, -0.2) is 0 Å². The summed E-state index contributed by atoms with van der Waals surface area (Å²) in [4.78, 5) is 12.7. The van der Waals surface area contributed by atoms with Crippen molar-refractivity contribution in [2.45, 2.75) is 83.7 Å². The first-order valence-corrected chi connectivity index (χ1v) is 8.08. The monoisotopic (exact) mass is 266 g/mol. The van der Waals surface area contributed by atoms with Gasteiger partial charge in [0.25, 0.3) is 0 Å². The fourth-order valence-corrected chi connectivity index (χ4v) is 3.96. The molecule has 2 aliphatic rings. The van der Waals surface area contributed by atoms with E-state index in [1.165, 1.54) is 12.8 Å². The summed E-state index contributed by atoms with van der Waals surface area (Å²) in [6.45, 7) is 4.46. The summed E-state index contributed by atoms with van der Waals surface area (Å²) in [5, 5.41) is 3.33. The minimum Gasteiger partial charge on any atom is -0.353 e. The van der Waals surface area contributed by atoms with Crippen LogP contribution >= 0.6 is 0 Å². The third-order valence-electron chi connectivity index (χ3n) is 4.95. The molecule has 1 amide bonds. The predicted molar refractivity (Wildman–Crippen MR) is 78.7 cm³/mol. The average Bonchev–Trinajstić information content (AvgIpc) is 2.81. The third-order valence-corrected chi connectivity index (χ3v) is 4.95. The first-order chi connectivity index (χ1) is 9.02. The van der Waals surface area contributed by atoms with Crippen LogP contribution in [0.5, 0.6) is 0 Å². The SMILES string of the molecule is CC(C)CC1(C(=O)NC2CCC(N)CC2)CCCC1. The summed E-state index contributed by atoms with van der Waals surface area (Å²) in [6.07, 6.45) is 9.89. The molecular weight excluding hydrogens is 236 g/mol. The van der Waals surface area contributed by atoms with Crippen LogP contribution in [0.2, 0.25) is 0 Å².